The maximum Gasteiger partial charge on any atom is 0.297 e. The van der Waals surface area contributed by atoms with Gasteiger partial charge in [0.05, 0.1) is 12.1 Å². The largest absolute Gasteiger partial charge is 0.504 e. The van der Waals surface area contributed by atoms with E-state index in [9.17, 15) is 9.90 Å². The van der Waals surface area contributed by atoms with Gasteiger partial charge in [0, 0.05) is 5.39 Å². The molecule has 0 saturated carbocycles. The first-order valence-corrected chi connectivity index (χ1v) is 12.9. The second-order valence-electron chi connectivity index (χ2n) is 9.69. The van der Waals surface area contributed by atoms with Crippen LogP contribution in [0.15, 0.2) is 107 Å². The molecular weight excluding hydrogens is 474 g/mol. The van der Waals surface area contributed by atoms with Gasteiger partial charge in [-0.05, 0) is 69.0 Å². The van der Waals surface area contributed by atoms with Crippen molar-refractivity contribution in [2.24, 2.45) is 0 Å². The van der Waals surface area contributed by atoms with E-state index in [-0.39, 0.29) is 23.7 Å². The van der Waals surface area contributed by atoms with Gasteiger partial charge in [-0.2, -0.15) is 0 Å². The average Bonchev–Trinajstić information content (AvgIpc) is 2.92. The van der Waals surface area contributed by atoms with Gasteiger partial charge >= 0.3 is 0 Å². The van der Waals surface area contributed by atoms with Gasteiger partial charge in [0.25, 0.3) is 5.56 Å². The molecular formula is C33H35NO4. The number of hydrogen-bond donors (Lipinski definition) is 1. The lowest BCUT2D eigenvalue weighted by Gasteiger charge is -2.16. The quantitative estimate of drug-likeness (QED) is 0.214. The van der Waals surface area contributed by atoms with Gasteiger partial charge in [0.1, 0.15) is 19.0 Å². The summed E-state index contributed by atoms with van der Waals surface area (Å²) in [6.07, 6.45) is 6.04. The maximum atomic E-state index is 13.5. The van der Waals surface area contributed by atoms with Gasteiger partial charge < -0.3 is 19.1 Å². The highest BCUT2D eigenvalue weighted by Crippen LogP contribution is 2.34. The Morgan fingerprint density at radius 3 is 2.24 bits per heavy atom. The molecule has 38 heavy (non-hydrogen) atoms. The smallest absolute Gasteiger partial charge is 0.297 e. The summed E-state index contributed by atoms with van der Waals surface area (Å²) in [5.74, 6) is 0.375. The van der Waals surface area contributed by atoms with Gasteiger partial charge in [-0.1, -0.05) is 77.9 Å². The van der Waals surface area contributed by atoms with E-state index in [1.807, 2.05) is 85.8 Å². The molecule has 0 aliphatic heterocycles. The molecule has 0 aliphatic carbocycles. The van der Waals surface area contributed by atoms with E-state index < -0.39 is 0 Å². The van der Waals surface area contributed by atoms with Crippen LogP contribution < -0.4 is 15.0 Å². The number of ether oxygens (including phenoxy) is 2. The summed E-state index contributed by atoms with van der Waals surface area (Å²) >= 11 is 0. The molecule has 0 aliphatic rings. The predicted molar refractivity (Wildman–Crippen MR) is 154 cm³/mol. The molecule has 4 rings (SSSR count). The van der Waals surface area contributed by atoms with Crippen molar-refractivity contribution in [3.05, 3.63) is 124 Å². The summed E-state index contributed by atoms with van der Waals surface area (Å²) in [5, 5.41) is 11.7. The van der Waals surface area contributed by atoms with Crippen LogP contribution in [0.25, 0.3) is 10.9 Å². The molecule has 0 amide bonds. The molecule has 4 aromatic rings. The summed E-state index contributed by atoms with van der Waals surface area (Å²) in [7, 11) is 0. The average molecular weight is 510 g/mol. The Bertz CT molecular complexity index is 1480. The van der Waals surface area contributed by atoms with E-state index in [4.69, 9.17) is 9.47 Å². The van der Waals surface area contributed by atoms with Crippen molar-refractivity contribution in [3.63, 3.8) is 0 Å². The van der Waals surface area contributed by atoms with Crippen LogP contribution >= 0.6 is 0 Å². The van der Waals surface area contributed by atoms with Gasteiger partial charge in [-0.15, -0.1) is 0 Å². The molecule has 0 atom stereocenters. The molecule has 1 aromatic heterocycles. The van der Waals surface area contributed by atoms with Crippen LogP contribution in [0, 0.1) is 0 Å². The van der Waals surface area contributed by atoms with E-state index in [1.54, 1.807) is 10.6 Å². The Hall–Kier alpha value is -4.25. The molecule has 0 unspecified atom stereocenters. The van der Waals surface area contributed by atoms with E-state index >= 15 is 0 Å². The van der Waals surface area contributed by atoms with E-state index in [1.165, 1.54) is 11.1 Å². The van der Waals surface area contributed by atoms with E-state index in [0.29, 0.717) is 29.8 Å². The van der Waals surface area contributed by atoms with Crippen molar-refractivity contribution in [1.82, 2.24) is 4.57 Å². The SMILES string of the molecule is CC(C)=CCC/C(C)=C/COc1c(O)c2cc(OCc3ccccc3)ccc2n(Cc2ccccc2)c1=O. The second kappa shape index (κ2) is 12.8. The molecule has 0 radical (unpaired) electrons. The third-order valence-electron chi connectivity index (χ3n) is 6.35. The minimum atomic E-state index is -0.368. The van der Waals surface area contributed by atoms with Crippen LogP contribution in [0.1, 0.15) is 44.7 Å². The number of nitrogens with zero attached hydrogens (tertiary/aromatic N) is 1. The van der Waals surface area contributed by atoms with Crippen molar-refractivity contribution >= 4 is 10.9 Å². The third-order valence-corrected chi connectivity index (χ3v) is 6.35. The zero-order valence-electron chi connectivity index (χ0n) is 22.3. The number of benzene rings is 3. The minimum Gasteiger partial charge on any atom is -0.504 e. The molecule has 0 spiro atoms. The molecule has 0 saturated heterocycles. The Morgan fingerprint density at radius 1 is 0.868 bits per heavy atom. The highest BCUT2D eigenvalue weighted by atomic mass is 16.5. The van der Waals surface area contributed by atoms with Crippen LogP contribution in [-0.4, -0.2) is 16.3 Å². The van der Waals surface area contributed by atoms with E-state index in [0.717, 1.165) is 24.0 Å². The summed E-state index contributed by atoms with van der Waals surface area (Å²) in [4.78, 5) is 13.5. The summed E-state index contributed by atoms with van der Waals surface area (Å²) in [5.41, 5.74) is 4.73. The van der Waals surface area contributed by atoms with Crippen molar-refractivity contribution in [1.29, 1.82) is 0 Å². The lowest BCUT2D eigenvalue weighted by atomic mass is 10.1. The monoisotopic (exact) mass is 509 g/mol. The zero-order valence-corrected chi connectivity index (χ0v) is 22.3. The Balaban J connectivity index is 1.66. The zero-order chi connectivity index (χ0) is 26.9. The standard InChI is InChI=1S/C33H35NO4/c1-24(2)11-10-12-25(3)19-20-37-32-31(35)29-21-28(38-23-27-15-8-5-9-16-27)17-18-30(29)34(33(32)36)22-26-13-6-4-7-14-26/h4-9,11,13-19,21,35H,10,12,20,22-23H2,1-3H3/b25-19+. The molecule has 3 aromatic carbocycles. The molecule has 0 bridgehead atoms. The fraction of sp³-hybridized carbons (Fsp3) is 0.242. The van der Waals surface area contributed by atoms with E-state index in [2.05, 4.69) is 19.9 Å². The first kappa shape index (κ1) is 26.8. The Kier molecular flexibility index (Phi) is 9.04. The number of aromatic hydroxyl groups is 1. The van der Waals surface area contributed by atoms with Gasteiger partial charge in [0.15, 0.2) is 5.75 Å². The molecule has 0 fully saturated rings. The number of hydrogen-bond acceptors (Lipinski definition) is 4. The van der Waals surface area contributed by atoms with Crippen LogP contribution in [0.4, 0.5) is 0 Å². The Labute approximate surface area is 224 Å². The lowest BCUT2D eigenvalue weighted by Crippen LogP contribution is -2.23. The van der Waals surface area contributed by atoms with Crippen molar-refractivity contribution in [2.75, 3.05) is 6.61 Å². The minimum absolute atomic E-state index is 0.0537. The lowest BCUT2D eigenvalue weighted by molar-refractivity contribution is 0.306. The molecule has 1 N–H and O–H groups in total. The number of rotatable bonds is 11. The molecule has 1 heterocycles. The maximum absolute atomic E-state index is 13.5. The van der Waals surface area contributed by atoms with Gasteiger partial charge in [-0.25, -0.2) is 0 Å². The van der Waals surface area contributed by atoms with Crippen molar-refractivity contribution in [3.8, 4) is 17.2 Å². The highest BCUT2D eigenvalue weighted by Gasteiger charge is 2.19. The number of pyridine rings is 1. The highest BCUT2D eigenvalue weighted by molar-refractivity contribution is 5.88. The summed E-state index contributed by atoms with van der Waals surface area (Å²) in [6.45, 7) is 7.18. The number of aromatic nitrogens is 1. The summed E-state index contributed by atoms with van der Waals surface area (Å²) < 4.78 is 13.5. The predicted octanol–water partition coefficient (Wildman–Crippen LogP) is 7.41. The first-order valence-electron chi connectivity index (χ1n) is 12.9. The van der Waals surface area contributed by atoms with Crippen LogP contribution in [-0.2, 0) is 13.2 Å². The summed E-state index contributed by atoms with van der Waals surface area (Å²) in [6, 6.07) is 25.1. The van der Waals surface area contributed by atoms with Crippen LogP contribution in [0.3, 0.4) is 0 Å². The van der Waals surface area contributed by atoms with Gasteiger partial charge in [0.2, 0.25) is 5.75 Å². The normalized spacial score (nSPS) is 11.4. The fourth-order valence-corrected chi connectivity index (χ4v) is 4.24. The molecule has 5 nitrogen and oxygen atoms in total. The van der Waals surface area contributed by atoms with Crippen LogP contribution in [0.2, 0.25) is 0 Å². The number of allylic oxidation sites excluding steroid dienone is 3. The fourth-order valence-electron chi connectivity index (χ4n) is 4.24. The third kappa shape index (κ3) is 6.94. The molecule has 5 heteroatoms. The van der Waals surface area contributed by atoms with Gasteiger partial charge in [-0.3, -0.25) is 4.79 Å². The molecule has 196 valence electrons. The van der Waals surface area contributed by atoms with Crippen LogP contribution in [0.5, 0.6) is 17.2 Å². The first-order chi connectivity index (χ1) is 18.4. The van der Waals surface area contributed by atoms with Crippen molar-refractivity contribution < 1.29 is 14.6 Å². The topological polar surface area (TPSA) is 60.7 Å². The Morgan fingerprint density at radius 2 is 1.55 bits per heavy atom. The number of fused-ring (bicyclic) bond motifs is 1. The second-order valence-corrected chi connectivity index (χ2v) is 9.69. The van der Waals surface area contributed by atoms with Crippen molar-refractivity contribution in [2.45, 2.75) is 46.8 Å².